The number of hydrogen-bond acceptors (Lipinski definition) is 4. The maximum atomic E-state index is 4.43. The lowest BCUT2D eigenvalue weighted by Gasteiger charge is -2.22. The molecular weight excluding hydrogens is 226 g/mol. The van der Waals surface area contributed by atoms with E-state index in [1.54, 1.807) is 6.20 Å². The Hall–Kier alpha value is -1.88. The van der Waals surface area contributed by atoms with Crippen molar-refractivity contribution in [1.29, 1.82) is 0 Å². The van der Waals surface area contributed by atoms with Crippen molar-refractivity contribution in [3.8, 4) is 0 Å². The maximum absolute atomic E-state index is 4.43. The fourth-order valence-electron chi connectivity index (χ4n) is 2.26. The van der Waals surface area contributed by atoms with Crippen LogP contribution in [0.25, 0.3) is 0 Å². The summed E-state index contributed by atoms with van der Waals surface area (Å²) in [4.78, 5) is 4.24. The highest BCUT2D eigenvalue weighted by Gasteiger charge is 2.15. The van der Waals surface area contributed by atoms with E-state index in [9.17, 15) is 0 Å². The van der Waals surface area contributed by atoms with E-state index in [4.69, 9.17) is 0 Å². The molecule has 1 aliphatic heterocycles. The van der Waals surface area contributed by atoms with Gasteiger partial charge in [0, 0.05) is 12.4 Å². The molecule has 0 amide bonds. The highest BCUT2D eigenvalue weighted by molar-refractivity contribution is 5.53. The second-order valence-electron chi connectivity index (χ2n) is 4.53. The first-order chi connectivity index (χ1) is 8.92. The Morgan fingerprint density at radius 2 is 2.17 bits per heavy atom. The Morgan fingerprint density at radius 3 is 2.94 bits per heavy atom. The molecule has 1 saturated heterocycles. The van der Waals surface area contributed by atoms with Gasteiger partial charge in [0.15, 0.2) is 0 Å². The maximum Gasteiger partial charge on any atom is 0.130 e. The minimum Gasteiger partial charge on any atom is -0.338 e. The fraction of sp³-hybridized carbons (Fsp3) is 0.385. The Morgan fingerprint density at radius 1 is 1.28 bits per heavy atom. The summed E-state index contributed by atoms with van der Waals surface area (Å²) in [5.41, 5.74) is 0.993. The lowest BCUT2D eigenvalue weighted by atomic mass is 10.1. The van der Waals surface area contributed by atoms with Gasteiger partial charge in [-0.3, -0.25) is 4.68 Å². The third-order valence-electron chi connectivity index (χ3n) is 3.22. The summed E-state index contributed by atoms with van der Waals surface area (Å²) in [5, 5.41) is 11.1. The molecule has 0 aliphatic carbocycles. The van der Waals surface area contributed by atoms with Gasteiger partial charge in [0.25, 0.3) is 0 Å². The fourth-order valence-corrected chi connectivity index (χ4v) is 2.26. The van der Waals surface area contributed by atoms with Crippen LogP contribution in [0.5, 0.6) is 0 Å². The van der Waals surface area contributed by atoms with E-state index in [2.05, 4.69) is 31.6 Å². The number of nitrogens with zero attached hydrogens (tertiary/aromatic N) is 3. The molecule has 18 heavy (non-hydrogen) atoms. The van der Waals surface area contributed by atoms with Crippen molar-refractivity contribution in [2.24, 2.45) is 0 Å². The zero-order chi connectivity index (χ0) is 12.2. The van der Waals surface area contributed by atoms with E-state index in [0.29, 0.717) is 6.04 Å². The molecule has 2 aromatic heterocycles. The standard InChI is InChI=1S/C13H17N5/c1-2-6-15-13(3-1)17-11-9-16-18(10-11)12-4-7-14-8-5-12/h1-3,6,9-10,12,14H,4-5,7-8H2,(H,15,17). The van der Waals surface area contributed by atoms with Crippen molar-refractivity contribution in [1.82, 2.24) is 20.1 Å². The van der Waals surface area contributed by atoms with E-state index in [-0.39, 0.29) is 0 Å². The summed E-state index contributed by atoms with van der Waals surface area (Å²) in [6.07, 6.45) is 7.98. The molecule has 0 aromatic carbocycles. The summed E-state index contributed by atoms with van der Waals surface area (Å²) in [6, 6.07) is 6.34. The Balaban J connectivity index is 1.69. The monoisotopic (exact) mass is 243 g/mol. The molecule has 5 heteroatoms. The number of rotatable bonds is 3. The third-order valence-corrected chi connectivity index (χ3v) is 3.22. The Kier molecular flexibility index (Phi) is 3.23. The van der Waals surface area contributed by atoms with Gasteiger partial charge in [-0.2, -0.15) is 5.10 Å². The minimum absolute atomic E-state index is 0.519. The van der Waals surface area contributed by atoms with E-state index in [0.717, 1.165) is 37.4 Å². The molecule has 0 bridgehead atoms. The van der Waals surface area contributed by atoms with E-state index < -0.39 is 0 Å². The minimum atomic E-state index is 0.519. The van der Waals surface area contributed by atoms with Crippen molar-refractivity contribution in [3.05, 3.63) is 36.8 Å². The van der Waals surface area contributed by atoms with Crippen molar-refractivity contribution in [3.63, 3.8) is 0 Å². The van der Waals surface area contributed by atoms with Gasteiger partial charge in [-0.1, -0.05) is 6.07 Å². The summed E-state index contributed by atoms with van der Waals surface area (Å²) >= 11 is 0. The quantitative estimate of drug-likeness (QED) is 0.865. The van der Waals surface area contributed by atoms with Crippen LogP contribution in [0.3, 0.4) is 0 Å². The molecule has 0 saturated carbocycles. The first-order valence-electron chi connectivity index (χ1n) is 6.35. The van der Waals surface area contributed by atoms with Crippen molar-refractivity contribution < 1.29 is 0 Å². The Bertz CT molecular complexity index is 487. The van der Waals surface area contributed by atoms with Crippen LogP contribution < -0.4 is 10.6 Å². The first-order valence-corrected chi connectivity index (χ1v) is 6.35. The van der Waals surface area contributed by atoms with E-state index in [1.165, 1.54) is 0 Å². The molecule has 1 aliphatic rings. The van der Waals surface area contributed by atoms with Gasteiger partial charge in [-0.05, 0) is 38.1 Å². The molecule has 3 heterocycles. The molecule has 0 unspecified atom stereocenters. The van der Waals surface area contributed by atoms with Crippen LogP contribution >= 0.6 is 0 Å². The van der Waals surface area contributed by atoms with E-state index >= 15 is 0 Å². The molecule has 0 radical (unpaired) electrons. The molecular formula is C13H17N5. The lowest BCUT2D eigenvalue weighted by Crippen LogP contribution is -2.29. The average molecular weight is 243 g/mol. The molecule has 2 N–H and O–H groups in total. The molecule has 2 aromatic rings. The van der Waals surface area contributed by atoms with E-state index in [1.807, 2.05) is 24.4 Å². The number of hydrogen-bond donors (Lipinski definition) is 2. The van der Waals surface area contributed by atoms with Crippen LogP contribution in [0.15, 0.2) is 36.8 Å². The number of pyridine rings is 1. The largest absolute Gasteiger partial charge is 0.338 e. The molecule has 3 rings (SSSR count). The number of aromatic nitrogens is 3. The van der Waals surface area contributed by atoms with Crippen LogP contribution in [0, 0.1) is 0 Å². The normalized spacial score (nSPS) is 16.7. The van der Waals surface area contributed by atoms with Gasteiger partial charge in [-0.25, -0.2) is 4.98 Å². The van der Waals surface area contributed by atoms with Gasteiger partial charge in [0.2, 0.25) is 0 Å². The molecule has 5 nitrogen and oxygen atoms in total. The van der Waals surface area contributed by atoms with Crippen LogP contribution in [0.1, 0.15) is 18.9 Å². The predicted molar refractivity (Wildman–Crippen MR) is 70.9 cm³/mol. The summed E-state index contributed by atoms with van der Waals surface area (Å²) in [7, 11) is 0. The average Bonchev–Trinajstić information content (AvgIpc) is 2.89. The van der Waals surface area contributed by atoms with Crippen LogP contribution in [-0.4, -0.2) is 27.9 Å². The molecule has 94 valence electrons. The van der Waals surface area contributed by atoms with Gasteiger partial charge >= 0.3 is 0 Å². The highest BCUT2D eigenvalue weighted by Crippen LogP contribution is 2.20. The third kappa shape index (κ3) is 2.51. The smallest absolute Gasteiger partial charge is 0.130 e. The van der Waals surface area contributed by atoms with Crippen LogP contribution in [0.2, 0.25) is 0 Å². The van der Waals surface area contributed by atoms with Gasteiger partial charge < -0.3 is 10.6 Å². The predicted octanol–water partition coefficient (Wildman–Crippen LogP) is 1.95. The summed E-state index contributed by atoms with van der Waals surface area (Å²) in [6.45, 7) is 2.15. The van der Waals surface area contributed by atoms with Crippen molar-refractivity contribution in [2.45, 2.75) is 18.9 Å². The second-order valence-corrected chi connectivity index (χ2v) is 4.53. The number of nitrogens with one attached hydrogen (secondary N) is 2. The second kappa shape index (κ2) is 5.18. The zero-order valence-corrected chi connectivity index (χ0v) is 10.2. The zero-order valence-electron chi connectivity index (χ0n) is 10.2. The van der Waals surface area contributed by atoms with Gasteiger partial charge in [0.05, 0.1) is 17.9 Å². The van der Waals surface area contributed by atoms with Gasteiger partial charge in [-0.15, -0.1) is 0 Å². The summed E-state index contributed by atoms with van der Waals surface area (Å²) < 4.78 is 2.06. The van der Waals surface area contributed by atoms with Crippen molar-refractivity contribution in [2.75, 3.05) is 18.4 Å². The van der Waals surface area contributed by atoms with Crippen LogP contribution in [0.4, 0.5) is 11.5 Å². The lowest BCUT2D eigenvalue weighted by molar-refractivity contribution is 0.343. The van der Waals surface area contributed by atoms with Gasteiger partial charge in [0.1, 0.15) is 5.82 Å². The molecule has 0 spiro atoms. The Labute approximate surface area is 106 Å². The SMILES string of the molecule is c1ccc(Nc2cnn(C3CCNCC3)c2)nc1. The van der Waals surface area contributed by atoms with Crippen LogP contribution in [-0.2, 0) is 0 Å². The highest BCUT2D eigenvalue weighted by atomic mass is 15.3. The number of anilines is 2. The number of piperidine rings is 1. The summed E-state index contributed by atoms with van der Waals surface area (Å²) in [5.74, 6) is 0.849. The van der Waals surface area contributed by atoms with Crippen molar-refractivity contribution >= 4 is 11.5 Å². The molecule has 1 fully saturated rings. The molecule has 0 atom stereocenters. The first kappa shape index (κ1) is 11.2. The topological polar surface area (TPSA) is 54.8 Å².